The molecule has 5 N–H and O–H groups in total. The smallest absolute Gasteiger partial charge is 0.245 e. The number of hydrogen-bond acceptors (Lipinski definition) is 7. The van der Waals surface area contributed by atoms with Crippen LogP contribution >= 0.6 is 0 Å². The van der Waals surface area contributed by atoms with Gasteiger partial charge in [0, 0.05) is 19.2 Å². The summed E-state index contributed by atoms with van der Waals surface area (Å²) in [6, 6.07) is 5.79. The lowest BCUT2D eigenvalue weighted by atomic mass is 9.96. The van der Waals surface area contributed by atoms with Crippen molar-refractivity contribution in [1.29, 1.82) is 5.41 Å². The molecule has 1 saturated heterocycles. The minimum absolute atomic E-state index is 0.152. The summed E-state index contributed by atoms with van der Waals surface area (Å²) in [5, 5.41) is 18.5. The Balaban J connectivity index is 2.34. The highest BCUT2D eigenvalue weighted by molar-refractivity contribution is 5.96. The number of unbranched alkanes of at least 4 members (excludes halogenated alkanes) is 1. The Morgan fingerprint density at radius 1 is 0.975 bits per heavy atom. The number of ketones is 1. The van der Waals surface area contributed by atoms with Gasteiger partial charge in [0.25, 0.3) is 0 Å². The Morgan fingerprint density at radius 3 is 2.27 bits per heavy atom. The highest BCUT2D eigenvalue weighted by atomic mass is 16.2. The zero-order valence-electron chi connectivity index (χ0n) is 24.2. The second-order valence-corrected chi connectivity index (χ2v) is 10.8. The monoisotopic (exact) mass is 556 g/mol. The predicted molar refractivity (Wildman–Crippen MR) is 153 cm³/mol. The van der Waals surface area contributed by atoms with Crippen LogP contribution in [0, 0.1) is 11.3 Å². The normalized spacial score (nSPS) is 23.9. The average molecular weight is 557 g/mol. The van der Waals surface area contributed by atoms with Crippen LogP contribution in [0.2, 0.25) is 0 Å². The SMILES string of the molecule is CC(=N)CCCCC1NCC(=O)C(C(C)C)N(C)C(=O)C(Cc2ccccc2)NC(=O)C(C)NC(=O)CNC1=O. The molecule has 4 amide bonds. The number of likely N-dealkylation sites (N-methyl/N-ethyl adjacent to an activating group) is 1. The van der Waals surface area contributed by atoms with Gasteiger partial charge >= 0.3 is 0 Å². The minimum Gasteiger partial charge on any atom is -0.346 e. The maximum Gasteiger partial charge on any atom is 0.245 e. The van der Waals surface area contributed by atoms with E-state index in [-0.39, 0.29) is 31.2 Å². The Kier molecular flexibility index (Phi) is 12.9. The van der Waals surface area contributed by atoms with E-state index >= 15 is 0 Å². The quantitative estimate of drug-likeness (QED) is 0.237. The van der Waals surface area contributed by atoms with Crippen LogP contribution in [-0.2, 0) is 30.4 Å². The lowest BCUT2D eigenvalue weighted by molar-refractivity contribution is -0.142. The molecule has 1 aromatic rings. The number of amides is 4. The molecule has 1 heterocycles. The Bertz CT molecular complexity index is 1060. The van der Waals surface area contributed by atoms with E-state index in [1.165, 1.54) is 11.8 Å². The molecule has 2 rings (SSSR count). The van der Waals surface area contributed by atoms with Crippen molar-refractivity contribution in [2.24, 2.45) is 5.92 Å². The molecule has 11 nitrogen and oxygen atoms in total. The maximum atomic E-state index is 13.7. The molecular weight excluding hydrogens is 512 g/mol. The molecule has 0 aromatic heterocycles. The van der Waals surface area contributed by atoms with Crippen LogP contribution in [0.15, 0.2) is 30.3 Å². The number of rotatable bonds is 8. The van der Waals surface area contributed by atoms with Gasteiger partial charge in [-0.3, -0.25) is 29.3 Å². The van der Waals surface area contributed by atoms with Crippen LogP contribution < -0.4 is 21.3 Å². The number of Topliss-reactive ketones (excluding diaryl/α,β-unsaturated/α-hetero) is 1. The molecule has 1 fully saturated rings. The lowest BCUT2D eigenvalue weighted by Crippen LogP contribution is -2.59. The van der Waals surface area contributed by atoms with Gasteiger partial charge in [-0.05, 0) is 44.6 Å². The third kappa shape index (κ3) is 10.2. The van der Waals surface area contributed by atoms with Crippen LogP contribution in [0.5, 0.6) is 0 Å². The summed E-state index contributed by atoms with van der Waals surface area (Å²) in [5.74, 6) is -2.46. The standard InChI is InChI=1S/C29H44N6O5/c1-18(2)26-24(36)16-31-22(14-10-9-11-19(3)30)28(39)32-17-25(37)33-20(4)27(38)34-23(29(40)35(26)5)15-21-12-7-6-8-13-21/h6-8,12-13,18,20,22-23,26,30-31H,9-11,14-17H2,1-5H3,(H,32,39)(H,33,37)(H,34,38). The molecule has 0 aliphatic carbocycles. The first-order chi connectivity index (χ1) is 18.9. The van der Waals surface area contributed by atoms with Crippen LogP contribution in [0.1, 0.15) is 58.9 Å². The zero-order chi connectivity index (χ0) is 29.8. The van der Waals surface area contributed by atoms with E-state index in [2.05, 4.69) is 21.3 Å². The third-order valence-electron chi connectivity index (χ3n) is 6.95. The van der Waals surface area contributed by atoms with E-state index in [1.807, 2.05) is 44.2 Å². The highest BCUT2D eigenvalue weighted by Gasteiger charge is 2.35. The molecule has 0 radical (unpaired) electrons. The van der Waals surface area contributed by atoms with Crippen LogP contribution in [-0.4, -0.2) is 84.3 Å². The summed E-state index contributed by atoms with van der Waals surface area (Å²) in [6.45, 7) is 6.42. The number of hydrogen-bond donors (Lipinski definition) is 5. The zero-order valence-corrected chi connectivity index (χ0v) is 24.2. The molecule has 11 heteroatoms. The van der Waals surface area contributed by atoms with E-state index in [1.54, 1.807) is 14.0 Å². The summed E-state index contributed by atoms with van der Waals surface area (Å²) >= 11 is 0. The topological polar surface area (TPSA) is 161 Å². The van der Waals surface area contributed by atoms with Gasteiger partial charge in [0.05, 0.1) is 25.2 Å². The van der Waals surface area contributed by atoms with E-state index in [4.69, 9.17) is 5.41 Å². The average Bonchev–Trinajstić information content (AvgIpc) is 2.90. The van der Waals surface area contributed by atoms with E-state index in [0.29, 0.717) is 25.0 Å². The van der Waals surface area contributed by atoms with Crippen LogP contribution in [0.25, 0.3) is 0 Å². The summed E-state index contributed by atoms with van der Waals surface area (Å²) in [7, 11) is 1.55. The summed E-state index contributed by atoms with van der Waals surface area (Å²) in [4.78, 5) is 67.0. The molecule has 1 aromatic carbocycles. The molecule has 1 aliphatic rings. The van der Waals surface area contributed by atoms with E-state index < -0.39 is 47.8 Å². The fraction of sp³-hybridized carbons (Fsp3) is 0.586. The summed E-state index contributed by atoms with van der Waals surface area (Å²) in [5.41, 5.74) is 1.39. The largest absolute Gasteiger partial charge is 0.346 e. The van der Waals surface area contributed by atoms with Crippen molar-refractivity contribution in [3.05, 3.63) is 35.9 Å². The first-order valence-corrected chi connectivity index (χ1v) is 13.9. The molecule has 40 heavy (non-hydrogen) atoms. The first-order valence-electron chi connectivity index (χ1n) is 13.9. The fourth-order valence-corrected chi connectivity index (χ4v) is 4.81. The molecule has 0 spiro atoms. The Labute approximate surface area is 236 Å². The predicted octanol–water partition coefficient (Wildman–Crippen LogP) is 0.959. The van der Waals surface area contributed by atoms with Crippen LogP contribution in [0.4, 0.5) is 0 Å². The third-order valence-corrected chi connectivity index (χ3v) is 6.95. The number of nitrogens with one attached hydrogen (secondary N) is 5. The van der Waals surface area contributed by atoms with Gasteiger partial charge < -0.3 is 26.3 Å². The van der Waals surface area contributed by atoms with Crippen molar-refractivity contribution < 1.29 is 24.0 Å². The molecule has 4 unspecified atom stereocenters. The lowest BCUT2D eigenvalue weighted by Gasteiger charge is -2.34. The fourth-order valence-electron chi connectivity index (χ4n) is 4.81. The maximum absolute atomic E-state index is 13.7. The van der Waals surface area contributed by atoms with Gasteiger partial charge in [-0.1, -0.05) is 50.6 Å². The van der Waals surface area contributed by atoms with Gasteiger partial charge in [-0.15, -0.1) is 0 Å². The van der Waals surface area contributed by atoms with Gasteiger partial charge in [-0.2, -0.15) is 0 Å². The van der Waals surface area contributed by atoms with Crippen molar-refractivity contribution >= 4 is 35.1 Å². The van der Waals surface area contributed by atoms with Crippen LogP contribution in [0.3, 0.4) is 0 Å². The first kappa shape index (κ1) is 32.6. The van der Waals surface area contributed by atoms with Crippen molar-refractivity contribution in [2.75, 3.05) is 20.1 Å². The van der Waals surface area contributed by atoms with E-state index in [9.17, 15) is 24.0 Å². The second-order valence-electron chi connectivity index (χ2n) is 10.8. The number of carbonyl (C=O) groups is 5. The van der Waals surface area contributed by atoms with Crippen molar-refractivity contribution in [2.45, 2.75) is 84.0 Å². The molecule has 1 aliphatic heterocycles. The van der Waals surface area contributed by atoms with Gasteiger partial charge in [0.1, 0.15) is 12.1 Å². The molecule has 4 atom stereocenters. The highest BCUT2D eigenvalue weighted by Crippen LogP contribution is 2.15. The van der Waals surface area contributed by atoms with Crippen molar-refractivity contribution in [3.63, 3.8) is 0 Å². The molecule has 220 valence electrons. The minimum atomic E-state index is -0.963. The molecule has 0 bridgehead atoms. The number of benzene rings is 1. The number of nitrogens with zero attached hydrogens (tertiary/aromatic N) is 1. The van der Waals surface area contributed by atoms with E-state index in [0.717, 1.165) is 12.0 Å². The van der Waals surface area contributed by atoms with Gasteiger partial charge in [0.15, 0.2) is 5.78 Å². The summed E-state index contributed by atoms with van der Waals surface area (Å²) in [6.07, 6.45) is 2.60. The summed E-state index contributed by atoms with van der Waals surface area (Å²) < 4.78 is 0. The van der Waals surface area contributed by atoms with Crippen molar-refractivity contribution in [3.8, 4) is 0 Å². The number of carbonyl (C=O) groups excluding carboxylic acids is 5. The van der Waals surface area contributed by atoms with Gasteiger partial charge in [0.2, 0.25) is 23.6 Å². The Hall–Kier alpha value is -3.60. The van der Waals surface area contributed by atoms with Crippen molar-refractivity contribution in [1.82, 2.24) is 26.2 Å². The second kappa shape index (κ2) is 15.9. The Morgan fingerprint density at radius 2 is 1.65 bits per heavy atom. The molecular formula is C29H44N6O5. The molecule has 0 saturated carbocycles. The van der Waals surface area contributed by atoms with Gasteiger partial charge in [-0.25, -0.2) is 0 Å².